The maximum atomic E-state index is 13.3. The molecule has 0 saturated carbocycles. The monoisotopic (exact) mass is 265 g/mol. The van der Waals surface area contributed by atoms with E-state index in [1.165, 1.54) is 13.2 Å². The van der Waals surface area contributed by atoms with E-state index in [0.29, 0.717) is 23.8 Å². The van der Waals surface area contributed by atoms with Gasteiger partial charge in [-0.25, -0.2) is 4.39 Å². The summed E-state index contributed by atoms with van der Waals surface area (Å²) < 4.78 is 23.3. The highest BCUT2D eigenvalue weighted by Gasteiger charge is 2.11. The van der Waals surface area contributed by atoms with Crippen LogP contribution in [0.2, 0.25) is 0 Å². The number of hydrogen-bond donors (Lipinski definition) is 1. The van der Waals surface area contributed by atoms with Crippen molar-refractivity contribution in [3.05, 3.63) is 29.9 Å². The maximum absolute atomic E-state index is 13.3. The van der Waals surface area contributed by atoms with Crippen molar-refractivity contribution in [2.45, 2.75) is 19.9 Å². The fraction of sp³-hybridized carbons (Fsp3) is 0.385. The molecule has 0 saturated heterocycles. The second-order valence-corrected chi connectivity index (χ2v) is 4.04. The summed E-state index contributed by atoms with van der Waals surface area (Å²) >= 11 is 0. The molecule has 19 heavy (non-hydrogen) atoms. The van der Waals surface area contributed by atoms with Gasteiger partial charge in [-0.05, 0) is 31.2 Å². The van der Waals surface area contributed by atoms with Crippen LogP contribution in [0.5, 0.6) is 5.75 Å². The van der Waals surface area contributed by atoms with Crippen LogP contribution in [0.4, 0.5) is 4.39 Å². The third-order valence-corrected chi connectivity index (χ3v) is 2.58. The average Bonchev–Trinajstić information content (AvgIpc) is 2.88. The summed E-state index contributed by atoms with van der Waals surface area (Å²) in [6.45, 7) is 3.50. The number of ether oxygens (including phenoxy) is 1. The lowest BCUT2D eigenvalue weighted by Gasteiger charge is -2.02. The molecule has 0 aliphatic carbocycles. The van der Waals surface area contributed by atoms with Crippen LogP contribution in [0.3, 0.4) is 0 Å². The van der Waals surface area contributed by atoms with Gasteiger partial charge in [-0.3, -0.25) is 0 Å². The molecule has 1 aromatic carbocycles. The van der Waals surface area contributed by atoms with E-state index in [9.17, 15) is 4.39 Å². The van der Waals surface area contributed by atoms with Crippen LogP contribution in [0, 0.1) is 5.82 Å². The van der Waals surface area contributed by atoms with Crippen molar-refractivity contribution in [1.29, 1.82) is 0 Å². The van der Waals surface area contributed by atoms with Gasteiger partial charge in [0.25, 0.3) is 0 Å². The minimum absolute atomic E-state index is 0.160. The lowest BCUT2D eigenvalue weighted by Crippen LogP contribution is -2.13. The number of aromatic nitrogens is 2. The molecule has 0 aliphatic rings. The fourth-order valence-electron chi connectivity index (χ4n) is 1.61. The number of rotatable bonds is 6. The van der Waals surface area contributed by atoms with Crippen molar-refractivity contribution in [2.24, 2.45) is 0 Å². The molecule has 0 radical (unpaired) electrons. The lowest BCUT2D eigenvalue weighted by molar-refractivity contribution is 0.368. The third-order valence-electron chi connectivity index (χ3n) is 2.58. The highest BCUT2D eigenvalue weighted by atomic mass is 19.1. The first-order chi connectivity index (χ1) is 9.24. The van der Waals surface area contributed by atoms with Gasteiger partial charge < -0.3 is 14.6 Å². The van der Waals surface area contributed by atoms with Gasteiger partial charge in [0.05, 0.1) is 13.7 Å². The van der Waals surface area contributed by atoms with Crippen molar-refractivity contribution in [3.8, 4) is 17.1 Å². The zero-order valence-electron chi connectivity index (χ0n) is 10.9. The number of hydrogen-bond acceptors (Lipinski definition) is 5. The van der Waals surface area contributed by atoms with Gasteiger partial charge in [-0.2, -0.15) is 4.98 Å². The molecule has 2 aromatic rings. The Labute approximate surface area is 110 Å². The van der Waals surface area contributed by atoms with E-state index in [1.54, 1.807) is 12.1 Å². The van der Waals surface area contributed by atoms with E-state index in [-0.39, 0.29) is 5.75 Å². The average molecular weight is 265 g/mol. The van der Waals surface area contributed by atoms with E-state index in [0.717, 1.165) is 13.0 Å². The molecule has 102 valence electrons. The zero-order valence-corrected chi connectivity index (χ0v) is 10.9. The van der Waals surface area contributed by atoms with Gasteiger partial charge >= 0.3 is 0 Å². The Morgan fingerprint density at radius 2 is 2.26 bits per heavy atom. The van der Waals surface area contributed by atoms with Crippen molar-refractivity contribution >= 4 is 0 Å². The Hall–Kier alpha value is -1.95. The smallest absolute Gasteiger partial charge is 0.240 e. The number of nitrogens with one attached hydrogen (secondary N) is 1. The number of halogens is 1. The minimum Gasteiger partial charge on any atom is -0.494 e. The molecule has 0 fully saturated rings. The van der Waals surface area contributed by atoms with Crippen molar-refractivity contribution < 1.29 is 13.7 Å². The van der Waals surface area contributed by atoms with Crippen molar-refractivity contribution in [2.75, 3.05) is 13.7 Å². The molecule has 0 bridgehead atoms. The predicted molar refractivity (Wildman–Crippen MR) is 68.2 cm³/mol. The Balaban J connectivity index is 2.13. The Bertz CT molecular complexity index is 542. The molecular formula is C13H16FN3O2. The van der Waals surface area contributed by atoms with Crippen LogP contribution < -0.4 is 10.1 Å². The molecule has 0 unspecified atom stereocenters. The molecule has 0 amide bonds. The Kier molecular flexibility index (Phi) is 4.46. The molecule has 0 atom stereocenters. The molecule has 6 heteroatoms. The summed E-state index contributed by atoms with van der Waals surface area (Å²) in [4.78, 5) is 4.24. The van der Waals surface area contributed by atoms with Crippen LogP contribution in [0.25, 0.3) is 11.4 Å². The summed E-state index contributed by atoms with van der Waals surface area (Å²) in [6.07, 6.45) is 1.04. The second-order valence-electron chi connectivity index (χ2n) is 4.04. The first kappa shape index (κ1) is 13.5. The maximum Gasteiger partial charge on any atom is 0.240 e. The molecule has 2 rings (SSSR count). The molecule has 5 nitrogen and oxygen atoms in total. The third kappa shape index (κ3) is 3.29. The molecular weight excluding hydrogens is 249 g/mol. The largest absolute Gasteiger partial charge is 0.494 e. The van der Waals surface area contributed by atoms with Crippen LogP contribution in [-0.2, 0) is 6.54 Å². The van der Waals surface area contributed by atoms with E-state index in [4.69, 9.17) is 9.26 Å². The topological polar surface area (TPSA) is 60.2 Å². The van der Waals surface area contributed by atoms with Gasteiger partial charge in [-0.1, -0.05) is 12.1 Å². The summed E-state index contributed by atoms with van der Waals surface area (Å²) in [7, 11) is 1.42. The Morgan fingerprint density at radius 3 is 3.00 bits per heavy atom. The minimum atomic E-state index is -0.417. The van der Waals surface area contributed by atoms with Gasteiger partial charge in [0.15, 0.2) is 11.6 Å². The van der Waals surface area contributed by atoms with Gasteiger partial charge in [-0.15, -0.1) is 0 Å². The summed E-state index contributed by atoms with van der Waals surface area (Å²) in [5.41, 5.74) is 0.656. The molecule has 1 heterocycles. The first-order valence-electron chi connectivity index (χ1n) is 6.11. The molecule has 0 aliphatic heterocycles. The Morgan fingerprint density at radius 1 is 1.42 bits per heavy atom. The molecule has 1 aromatic heterocycles. The van der Waals surface area contributed by atoms with Crippen LogP contribution >= 0.6 is 0 Å². The first-order valence-corrected chi connectivity index (χ1v) is 6.11. The zero-order chi connectivity index (χ0) is 13.7. The van der Waals surface area contributed by atoms with E-state index in [1.807, 2.05) is 0 Å². The van der Waals surface area contributed by atoms with Gasteiger partial charge in [0, 0.05) is 5.56 Å². The summed E-state index contributed by atoms with van der Waals surface area (Å²) in [5, 5.41) is 7.03. The fourth-order valence-corrected chi connectivity index (χ4v) is 1.61. The van der Waals surface area contributed by atoms with E-state index >= 15 is 0 Å². The highest BCUT2D eigenvalue weighted by molar-refractivity contribution is 5.57. The highest BCUT2D eigenvalue weighted by Crippen LogP contribution is 2.24. The second kappa shape index (κ2) is 6.29. The van der Waals surface area contributed by atoms with Crippen molar-refractivity contribution in [3.63, 3.8) is 0 Å². The number of benzene rings is 1. The number of methoxy groups -OCH3 is 1. The summed E-state index contributed by atoms with van der Waals surface area (Å²) in [5.74, 6) is 0.672. The standard InChI is InChI=1S/C13H16FN3O2/c1-3-6-15-8-12-16-13(17-19-12)9-4-5-10(14)11(7-9)18-2/h4-5,7,15H,3,6,8H2,1-2H3. The quantitative estimate of drug-likeness (QED) is 0.813. The lowest BCUT2D eigenvalue weighted by atomic mass is 10.2. The number of nitrogens with zero attached hydrogens (tertiary/aromatic N) is 2. The van der Waals surface area contributed by atoms with Crippen molar-refractivity contribution in [1.82, 2.24) is 15.5 Å². The normalized spacial score (nSPS) is 10.7. The van der Waals surface area contributed by atoms with Crippen LogP contribution in [-0.4, -0.2) is 23.8 Å². The van der Waals surface area contributed by atoms with Gasteiger partial charge in [0.1, 0.15) is 0 Å². The molecule has 0 spiro atoms. The van der Waals surface area contributed by atoms with E-state index in [2.05, 4.69) is 22.4 Å². The summed E-state index contributed by atoms with van der Waals surface area (Å²) in [6, 6.07) is 4.45. The van der Waals surface area contributed by atoms with Gasteiger partial charge in [0.2, 0.25) is 11.7 Å². The van der Waals surface area contributed by atoms with E-state index < -0.39 is 5.82 Å². The molecule has 1 N–H and O–H groups in total. The predicted octanol–water partition coefficient (Wildman–Crippen LogP) is 2.38. The van der Waals surface area contributed by atoms with Crippen LogP contribution in [0.15, 0.2) is 22.7 Å². The van der Waals surface area contributed by atoms with Crippen LogP contribution in [0.1, 0.15) is 19.2 Å². The SMILES string of the molecule is CCCNCc1nc(-c2ccc(F)c(OC)c2)no1.